The molecule has 1 fully saturated rings. The summed E-state index contributed by atoms with van der Waals surface area (Å²) in [7, 11) is -1.33. The number of carbonyl (C=O) groups excluding carboxylic acids is 1. The first-order chi connectivity index (χ1) is 7.53. The van der Waals surface area contributed by atoms with E-state index in [9.17, 15) is 13.2 Å². The molecule has 1 aliphatic heterocycles. The zero-order valence-electron chi connectivity index (χ0n) is 9.36. The Morgan fingerprint density at radius 1 is 1.50 bits per heavy atom. The fourth-order valence-electron chi connectivity index (χ4n) is 1.56. The summed E-state index contributed by atoms with van der Waals surface area (Å²) in [6.07, 6.45) is 1.25. The van der Waals surface area contributed by atoms with Crippen molar-refractivity contribution in [1.29, 1.82) is 0 Å². The minimum atomic E-state index is -2.93. The SMILES string of the molecule is COCCCNC(=O)NC1CCS(=O)(=O)C1. The first-order valence-electron chi connectivity index (χ1n) is 5.27. The summed E-state index contributed by atoms with van der Waals surface area (Å²) < 4.78 is 27.1. The molecular formula is C9H18N2O4S. The summed E-state index contributed by atoms with van der Waals surface area (Å²) in [5, 5.41) is 5.29. The number of ether oxygens (including phenoxy) is 1. The van der Waals surface area contributed by atoms with Crippen molar-refractivity contribution in [1.82, 2.24) is 10.6 Å². The average Bonchev–Trinajstić information content (AvgIpc) is 2.53. The van der Waals surface area contributed by atoms with Crippen LogP contribution in [-0.4, -0.2) is 52.3 Å². The van der Waals surface area contributed by atoms with Crippen molar-refractivity contribution in [2.45, 2.75) is 18.9 Å². The van der Waals surface area contributed by atoms with Gasteiger partial charge in [0.2, 0.25) is 0 Å². The van der Waals surface area contributed by atoms with Gasteiger partial charge in [0, 0.05) is 26.3 Å². The van der Waals surface area contributed by atoms with E-state index < -0.39 is 9.84 Å². The van der Waals surface area contributed by atoms with E-state index in [0.29, 0.717) is 19.6 Å². The fourth-order valence-corrected chi connectivity index (χ4v) is 3.24. The highest BCUT2D eigenvalue weighted by atomic mass is 32.2. The monoisotopic (exact) mass is 250 g/mol. The molecule has 7 heteroatoms. The highest BCUT2D eigenvalue weighted by molar-refractivity contribution is 7.91. The van der Waals surface area contributed by atoms with Crippen LogP contribution in [0.2, 0.25) is 0 Å². The second kappa shape index (κ2) is 6.05. The molecule has 0 aromatic heterocycles. The third-order valence-electron chi connectivity index (χ3n) is 2.38. The van der Waals surface area contributed by atoms with E-state index in [1.54, 1.807) is 7.11 Å². The maximum Gasteiger partial charge on any atom is 0.315 e. The molecule has 2 amide bonds. The molecule has 0 aromatic carbocycles. The summed E-state index contributed by atoms with van der Waals surface area (Å²) in [6, 6.07) is -0.550. The lowest BCUT2D eigenvalue weighted by molar-refractivity contribution is 0.193. The third-order valence-corrected chi connectivity index (χ3v) is 4.15. The van der Waals surface area contributed by atoms with E-state index in [4.69, 9.17) is 4.74 Å². The van der Waals surface area contributed by atoms with Crippen LogP contribution in [0.5, 0.6) is 0 Å². The number of urea groups is 1. The molecule has 0 spiro atoms. The van der Waals surface area contributed by atoms with Gasteiger partial charge in [0.1, 0.15) is 0 Å². The molecule has 16 heavy (non-hydrogen) atoms. The van der Waals surface area contributed by atoms with E-state index in [-0.39, 0.29) is 23.6 Å². The Balaban J connectivity index is 2.15. The Kier molecular flexibility index (Phi) is 5.01. The van der Waals surface area contributed by atoms with Crippen LogP contribution in [-0.2, 0) is 14.6 Å². The molecule has 1 saturated heterocycles. The van der Waals surface area contributed by atoms with Crippen molar-refractivity contribution in [2.75, 3.05) is 31.8 Å². The van der Waals surface area contributed by atoms with Gasteiger partial charge in [0.15, 0.2) is 9.84 Å². The lowest BCUT2D eigenvalue weighted by atomic mass is 10.3. The van der Waals surface area contributed by atoms with Gasteiger partial charge in [0.05, 0.1) is 11.5 Å². The predicted molar refractivity (Wildman–Crippen MR) is 60.1 cm³/mol. The minimum Gasteiger partial charge on any atom is -0.385 e. The molecular weight excluding hydrogens is 232 g/mol. The molecule has 1 atom stereocenters. The van der Waals surface area contributed by atoms with E-state index in [1.807, 2.05) is 0 Å². The fraction of sp³-hybridized carbons (Fsp3) is 0.889. The number of rotatable bonds is 5. The van der Waals surface area contributed by atoms with Crippen LogP contribution in [0.25, 0.3) is 0 Å². The van der Waals surface area contributed by atoms with E-state index in [2.05, 4.69) is 10.6 Å². The Labute approximate surface area is 95.7 Å². The number of hydrogen-bond acceptors (Lipinski definition) is 4. The zero-order valence-corrected chi connectivity index (χ0v) is 10.2. The van der Waals surface area contributed by atoms with Crippen LogP contribution in [0.4, 0.5) is 4.79 Å². The predicted octanol–water partition coefficient (Wildman–Crippen LogP) is -0.491. The van der Waals surface area contributed by atoms with Crippen LogP contribution in [0, 0.1) is 0 Å². The molecule has 94 valence electrons. The molecule has 1 heterocycles. The summed E-state index contributed by atoms with van der Waals surface area (Å²) >= 11 is 0. The molecule has 0 radical (unpaired) electrons. The third kappa shape index (κ3) is 4.80. The topological polar surface area (TPSA) is 84.5 Å². The van der Waals surface area contributed by atoms with Gasteiger partial charge in [0.25, 0.3) is 0 Å². The van der Waals surface area contributed by atoms with E-state index >= 15 is 0 Å². The standard InChI is InChI=1S/C9H18N2O4S/c1-15-5-2-4-10-9(12)11-8-3-6-16(13,14)7-8/h8H,2-7H2,1H3,(H2,10,11,12). The summed E-state index contributed by atoms with van der Waals surface area (Å²) in [6.45, 7) is 1.12. The van der Waals surface area contributed by atoms with Crippen molar-refractivity contribution < 1.29 is 17.9 Å². The molecule has 0 aliphatic carbocycles. The Bertz CT molecular complexity index is 328. The van der Waals surface area contributed by atoms with Crippen LogP contribution < -0.4 is 10.6 Å². The second-order valence-electron chi connectivity index (χ2n) is 3.85. The van der Waals surface area contributed by atoms with Gasteiger partial charge in [-0.2, -0.15) is 0 Å². The maximum atomic E-state index is 11.3. The van der Waals surface area contributed by atoms with Crippen LogP contribution in [0.3, 0.4) is 0 Å². The van der Waals surface area contributed by atoms with Crippen molar-refractivity contribution in [3.8, 4) is 0 Å². The molecule has 1 unspecified atom stereocenters. The van der Waals surface area contributed by atoms with Gasteiger partial charge in [-0.25, -0.2) is 13.2 Å². The average molecular weight is 250 g/mol. The van der Waals surface area contributed by atoms with Crippen molar-refractivity contribution in [3.63, 3.8) is 0 Å². The smallest absolute Gasteiger partial charge is 0.315 e. The lowest BCUT2D eigenvalue weighted by Crippen LogP contribution is -2.43. The summed E-state index contributed by atoms with van der Waals surface area (Å²) in [4.78, 5) is 11.3. The van der Waals surface area contributed by atoms with Crippen LogP contribution >= 0.6 is 0 Å². The quantitative estimate of drug-likeness (QED) is 0.645. The highest BCUT2D eigenvalue weighted by Gasteiger charge is 2.28. The van der Waals surface area contributed by atoms with Gasteiger partial charge >= 0.3 is 6.03 Å². The summed E-state index contributed by atoms with van der Waals surface area (Å²) in [5.41, 5.74) is 0. The van der Waals surface area contributed by atoms with Crippen molar-refractivity contribution in [3.05, 3.63) is 0 Å². The van der Waals surface area contributed by atoms with Crippen molar-refractivity contribution in [2.24, 2.45) is 0 Å². The van der Waals surface area contributed by atoms with Gasteiger partial charge < -0.3 is 15.4 Å². The Hall–Kier alpha value is -0.820. The summed E-state index contributed by atoms with van der Waals surface area (Å²) in [5.74, 6) is 0.222. The first-order valence-corrected chi connectivity index (χ1v) is 7.09. The highest BCUT2D eigenvalue weighted by Crippen LogP contribution is 2.10. The number of nitrogens with one attached hydrogen (secondary N) is 2. The lowest BCUT2D eigenvalue weighted by Gasteiger charge is -2.11. The normalized spacial score (nSPS) is 22.9. The number of carbonyl (C=O) groups is 1. The Morgan fingerprint density at radius 3 is 2.81 bits per heavy atom. The number of methoxy groups -OCH3 is 1. The van der Waals surface area contributed by atoms with E-state index in [0.717, 1.165) is 6.42 Å². The van der Waals surface area contributed by atoms with Gasteiger partial charge in [-0.3, -0.25) is 0 Å². The molecule has 2 N–H and O–H groups in total. The Morgan fingerprint density at radius 2 is 2.25 bits per heavy atom. The minimum absolute atomic E-state index is 0.0541. The number of amides is 2. The van der Waals surface area contributed by atoms with Gasteiger partial charge in [-0.15, -0.1) is 0 Å². The van der Waals surface area contributed by atoms with Crippen LogP contribution in [0.1, 0.15) is 12.8 Å². The van der Waals surface area contributed by atoms with Gasteiger partial charge in [-0.05, 0) is 12.8 Å². The molecule has 0 aromatic rings. The molecule has 0 saturated carbocycles. The van der Waals surface area contributed by atoms with Crippen molar-refractivity contribution >= 4 is 15.9 Å². The molecule has 6 nitrogen and oxygen atoms in total. The second-order valence-corrected chi connectivity index (χ2v) is 6.08. The molecule has 0 bridgehead atoms. The molecule has 1 aliphatic rings. The van der Waals surface area contributed by atoms with E-state index in [1.165, 1.54) is 0 Å². The number of hydrogen-bond donors (Lipinski definition) is 2. The number of sulfone groups is 1. The largest absolute Gasteiger partial charge is 0.385 e. The first kappa shape index (κ1) is 13.2. The maximum absolute atomic E-state index is 11.3. The van der Waals surface area contributed by atoms with Gasteiger partial charge in [-0.1, -0.05) is 0 Å². The molecule has 1 rings (SSSR count). The zero-order chi connectivity index (χ0) is 12.0. The van der Waals surface area contributed by atoms with Crippen LogP contribution in [0.15, 0.2) is 0 Å².